The van der Waals surface area contributed by atoms with Crippen LogP contribution >= 0.6 is 11.6 Å². The number of hydrogen-bond donors (Lipinski definition) is 1. The molecule has 0 unspecified atom stereocenters. The molecule has 0 saturated heterocycles. The van der Waals surface area contributed by atoms with Gasteiger partial charge in [0, 0.05) is 12.6 Å². The Morgan fingerprint density at radius 1 is 1.38 bits per heavy atom. The first kappa shape index (κ1) is 11.1. The van der Waals surface area contributed by atoms with Crippen molar-refractivity contribution >= 4 is 11.6 Å². The first-order valence-electron chi connectivity index (χ1n) is 4.91. The van der Waals surface area contributed by atoms with Crippen molar-refractivity contribution in [1.82, 2.24) is 9.78 Å². The quantitative estimate of drug-likeness (QED) is 0.892. The lowest BCUT2D eigenvalue weighted by atomic mass is 10.3. The fourth-order valence-corrected chi connectivity index (χ4v) is 1.68. The molecule has 2 N–H and O–H groups in total. The number of halogens is 2. The van der Waals surface area contributed by atoms with Gasteiger partial charge < -0.3 is 5.73 Å². The minimum absolute atomic E-state index is 0.332. The van der Waals surface area contributed by atoms with Gasteiger partial charge >= 0.3 is 0 Å². The SMILES string of the molecule is NCCc1nn(-c2ccccc2F)cc1Cl. The van der Waals surface area contributed by atoms with Gasteiger partial charge in [-0.1, -0.05) is 23.7 Å². The third-order valence-corrected chi connectivity index (χ3v) is 2.54. The summed E-state index contributed by atoms with van der Waals surface area (Å²) in [5.41, 5.74) is 6.49. The van der Waals surface area contributed by atoms with Gasteiger partial charge in [0.05, 0.1) is 10.7 Å². The molecule has 0 saturated carbocycles. The minimum atomic E-state index is -0.332. The molecule has 2 rings (SSSR count). The maximum absolute atomic E-state index is 13.5. The Morgan fingerprint density at radius 3 is 2.81 bits per heavy atom. The number of hydrogen-bond acceptors (Lipinski definition) is 2. The topological polar surface area (TPSA) is 43.8 Å². The van der Waals surface area contributed by atoms with E-state index in [-0.39, 0.29) is 5.82 Å². The molecular formula is C11H11ClFN3. The standard InChI is InChI=1S/C11H11ClFN3/c12-8-7-16(15-10(8)5-6-14)11-4-2-1-3-9(11)13/h1-4,7H,5-6,14H2. The molecule has 0 atom stereocenters. The Bertz CT molecular complexity index is 496. The highest BCUT2D eigenvalue weighted by molar-refractivity contribution is 6.31. The van der Waals surface area contributed by atoms with Crippen LogP contribution in [0.2, 0.25) is 5.02 Å². The first-order chi connectivity index (χ1) is 7.72. The Morgan fingerprint density at radius 2 is 2.12 bits per heavy atom. The lowest BCUT2D eigenvalue weighted by molar-refractivity contribution is 0.609. The van der Waals surface area contributed by atoms with E-state index in [9.17, 15) is 4.39 Å². The molecular weight excluding hydrogens is 229 g/mol. The summed E-state index contributed by atoms with van der Waals surface area (Å²) < 4.78 is 14.9. The summed E-state index contributed by atoms with van der Waals surface area (Å²) >= 11 is 5.96. The molecule has 0 amide bonds. The maximum Gasteiger partial charge on any atom is 0.148 e. The van der Waals surface area contributed by atoms with Crippen molar-refractivity contribution in [3.8, 4) is 5.69 Å². The normalized spacial score (nSPS) is 10.7. The fraction of sp³-hybridized carbons (Fsp3) is 0.182. The third-order valence-electron chi connectivity index (χ3n) is 2.22. The highest BCUT2D eigenvalue weighted by Gasteiger charge is 2.09. The fourth-order valence-electron chi connectivity index (χ4n) is 1.46. The molecule has 5 heteroatoms. The number of nitrogens with two attached hydrogens (primary N) is 1. The molecule has 2 aromatic rings. The summed E-state index contributed by atoms with van der Waals surface area (Å²) in [6.07, 6.45) is 2.17. The summed E-state index contributed by atoms with van der Waals surface area (Å²) in [5, 5.41) is 4.70. The molecule has 0 bridgehead atoms. The van der Waals surface area contributed by atoms with Crippen LogP contribution < -0.4 is 5.73 Å². The van der Waals surface area contributed by atoms with E-state index in [1.54, 1.807) is 24.4 Å². The highest BCUT2D eigenvalue weighted by Crippen LogP contribution is 2.19. The second kappa shape index (κ2) is 4.63. The average Bonchev–Trinajstić information content (AvgIpc) is 2.61. The van der Waals surface area contributed by atoms with Gasteiger partial charge in [0.15, 0.2) is 0 Å². The van der Waals surface area contributed by atoms with Gasteiger partial charge in [0.2, 0.25) is 0 Å². The van der Waals surface area contributed by atoms with Crippen molar-refractivity contribution in [3.63, 3.8) is 0 Å². The zero-order valence-electron chi connectivity index (χ0n) is 8.53. The van der Waals surface area contributed by atoms with Crippen LogP contribution in [-0.4, -0.2) is 16.3 Å². The van der Waals surface area contributed by atoms with Crippen molar-refractivity contribution in [3.05, 3.63) is 47.0 Å². The van der Waals surface area contributed by atoms with E-state index in [4.69, 9.17) is 17.3 Å². The Hall–Kier alpha value is -1.39. The number of para-hydroxylation sites is 1. The van der Waals surface area contributed by atoms with Crippen molar-refractivity contribution in [1.29, 1.82) is 0 Å². The van der Waals surface area contributed by atoms with E-state index >= 15 is 0 Å². The van der Waals surface area contributed by atoms with Crippen molar-refractivity contribution in [2.75, 3.05) is 6.54 Å². The molecule has 1 heterocycles. The lowest BCUT2D eigenvalue weighted by Crippen LogP contribution is -2.05. The summed E-state index contributed by atoms with van der Waals surface area (Å²) in [4.78, 5) is 0. The average molecular weight is 240 g/mol. The van der Waals surface area contributed by atoms with E-state index in [1.165, 1.54) is 10.7 Å². The summed E-state index contributed by atoms with van der Waals surface area (Å²) in [7, 11) is 0. The van der Waals surface area contributed by atoms with Crippen LogP contribution in [-0.2, 0) is 6.42 Å². The van der Waals surface area contributed by atoms with E-state index in [0.717, 1.165) is 0 Å². The second-order valence-electron chi connectivity index (χ2n) is 3.36. The molecule has 16 heavy (non-hydrogen) atoms. The van der Waals surface area contributed by atoms with Crippen molar-refractivity contribution < 1.29 is 4.39 Å². The van der Waals surface area contributed by atoms with Crippen LogP contribution in [0.5, 0.6) is 0 Å². The Balaban J connectivity index is 2.42. The van der Waals surface area contributed by atoms with Crippen LogP contribution in [0.1, 0.15) is 5.69 Å². The van der Waals surface area contributed by atoms with Gasteiger partial charge in [-0.25, -0.2) is 9.07 Å². The van der Waals surface area contributed by atoms with Crippen molar-refractivity contribution in [2.45, 2.75) is 6.42 Å². The van der Waals surface area contributed by atoms with Gasteiger partial charge in [0.1, 0.15) is 11.5 Å². The molecule has 3 nitrogen and oxygen atoms in total. The maximum atomic E-state index is 13.5. The van der Waals surface area contributed by atoms with Crippen LogP contribution in [0.3, 0.4) is 0 Å². The molecule has 0 radical (unpaired) electrons. The smallest absolute Gasteiger partial charge is 0.148 e. The highest BCUT2D eigenvalue weighted by atomic mass is 35.5. The molecule has 1 aromatic carbocycles. The Labute approximate surface area is 97.6 Å². The zero-order valence-corrected chi connectivity index (χ0v) is 9.28. The van der Waals surface area contributed by atoms with Gasteiger partial charge in [-0.05, 0) is 18.7 Å². The molecule has 1 aromatic heterocycles. The Kier molecular flexibility index (Phi) is 3.22. The van der Waals surface area contributed by atoms with Gasteiger partial charge in [-0.15, -0.1) is 0 Å². The molecule has 0 aliphatic rings. The van der Waals surface area contributed by atoms with Crippen LogP contribution in [0, 0.1) is 5.82 Å². The predicted octanol–water partition coefficient (Wildman–Crippen LogP) is 2.17. The van der Waals surface area contributed by atoms with E-state index in [1.807, 2.05) is 0 Å². The van der Waals surface area contributed by atoms with Gasteiger partial charge in [-0.2, -0.15) is 5.10 Å². The predicted molar refractivity (Wildman–Crippen MR) is 61.3 cm³/mol. The summed E-state index contributed by atoms with van der Waals surface area (Å²) in [5.74, 6) is -0.332. The molecule has 84 valence electrons. The van der Waals surface area contributed by atoms with E-state index < -0.39 is 0 Å². The monoisotopic (exact) mass is 239 g/mol. The summed E-state index contributed by atoms with van der Waals surface area (Å²) in [6.45, 7) is 0.466. The first-order valence-corrected chi connectivity index (χ1v) is 5.29. The third kappa shape index (κ3) is 2.08. The number of nitrogens with zero attached hydrogens (tertiary/aromatic N) is 2. The van der Waals surface area contributed by atoms with Crippen LogP contribution in [0.15, 0.2) is 30.5 Å². The van der Waals surface area contributed by atoms with Crippen molar-refractivity contribution in [2.24, 2.45) is 5.73 Å². The second-order valence-corrected chi connectivity index (χ2v) is 3.77. The molecule has 0 aliphatic carbocycles. The summed E-state index contributed by atoms with van der Waals surface area (Å²) in [6, 6.07) is 6.40. The molecule has 0 spiro atoms. The molecule has 0 aliphatic heterocycles. The molecule has 0 fully saturated rings. The van der Waals surface area contributed by atoms with Crippen LogP contribution in [0.25, 0.3) is 5.69 Å². The largest absolute Gasteiger partial charge is 0.330 e. The minimum Gasteiger partial charge on any atom is -0.330 e. The zero-order chi connectivity index (χ0) is 11.5. The van der Waals surface area contributed by atoms with E-state index in [2.05, 4.69) is 5.10 Å². The van der Waals surface area contributed by atoms with Crippen LogP contribution in [0.4, 0.5) is 4.39 Å². The number of benzene rings is 1. The lowest BCUT2D eigenvalue weighted by Gasteiger charge is -2.01. The number of rotatable bonds is 3. The van der Waals surface area contributed by atoms with E-state index in [0.29, 0.717) is 29.4 Å². The van der Waals surface area contributed by atoms with Gasteiger partial charge in [0.25, 0.3) is 0 Å². The number of aromatic nitrogens is 2. The van der Waals surface area contributed by atoms with Gasteiger partial charge in [-0.3, -0.25) is 0 Å².